The van der Waals surface area contributed by atoms with E-state index in [1.807, 2.05) is 24.7 Å². The number of rotatable bonds is 4. The van der Waals surface area contributed by atoms with Gasteiger partial charge in [-0.05, 0) is 32.3 Å². The summed E-state index contributed by atoms with van der Waals surface area (Å²) in [7, 11) is 0. The van der Waals surface area contributed by atoms with Crippen LogP contribution in [0.15, 0.2) is 12.4 Å². The molecule has 0 saturated carbocycles. The number of hydrogen-bond donors (Lipinski definition) is 1. The summed E-state index contributed by atoms with van der Waals surface area (Å²) in [6.45, 7) is 5.29. The third-order valence-corrected chi connectivity index (χ3v) is 3.88. The van der Waals surface area contributed by atoms with Crippen LogP contribution in [-0.2, 0) is 11.3 Å². The summed E-state index contributed by atoms with van der Waals surface area (Å²) in [6.07, 6.45) is 6.03. The molecule has 3 heterocycles. The molecule has 22 heavy (non-hydrogen) atoms. The summed E-state index contributed by atoms with van der Waals surface area (Å²) in [4.78, 5) is 0. The summed E-state index contributed by atoms with van der Waals surface area (Å²) in [5, 5.41) is 24.9. The fourth-order valence-electron chi connectivity index (χ4n) is 2.49. The van der Waals surface area contributed by atoms with Gasteiger partial charge in [-0.2, -0.15) is 15.5 Å². The maximum atomic E-state index is 9.30. The molecule has 0 aromatic carbocycles. The van der Waals surface area contributed by atoms with Crippen molar-refractivity contribution in [3.63, 3.8) is 0 Å². The van der Waals surface area contributed by atoms with Crippen LogP contribution in [0.2, 0.25) is 0 Å². The number of aromatic nitrogens is 4. The van der Waals surface area contributed by atoms with Crippen LogP contribution in [0.1, 0.15) is 29.7 Å². The predicted molar refractivity (Wildman–Crippen MR) is 80.7 cm³/mol. The highest BCUT2D eigenvalue weighted by Gasteiger charge is 2.17. The first-order chi connectivity index (χ1) is 10.7. The number of hydrogen-bond acceptors (Lipinski definition) is 6. The summed E-state index contributed by atoms with van der Waals surface area (Å²) in [5.74, 6) is 0.460. The van der Waals surface area contributed by atoms with Gasteiger partial charge in [-0.3, -0.25) is 4.68 Å². The Hall–Kier alpha value is -2.46. The Kier molecular flexibility index (Phi) is 4.02. The number of anilines is 2. The smallest absolute Gasteiger partial charge is 0.171 e. The Bertz CT molecular complexity index is 711. The van der Waals surface area contributed by atoms with Crippen LogP contribution < -0.4 is 5.32 Å². The van der Waals surface area contributed by atoms with Crippen LogP contribution >= 0.6 is 0 Å². The minimum atomic E-state index is 0.240. The van der Waals surface area contributed by atoms with Gasteiger partial charge < -0.3 is 10.1 Å². The second-order valence-corrected chi connectivity index (χ2v) is 5.46. The normalized spacial score (nSPS) is 17.4. The molecule has 2 aromatic heterocycles. The second kappa shape index (κ2) is 6.12. The molecule has 0 aliphatic carbocycles. The van der Waals surface area contributed by atoms with E-state index >= 15 is 0 Å². The van der Waals surface area contributed by atoms with Crippen molar-refractivity contribution in [1.82, 2.24) is 20.0 Å². The van der Waals surface area contributed by atoms with Crippen molar-refractivity contribution < 1.29 is 4.74 Å². The molecule has 7 nitrogen and oxygen atoms in total. The van der Waals surface area contributed by atoms with E-state index in [0.29, 0.717) is 11.4 Å². The third-order valence-electron chi connectivity index (χ3n) is 3.88. The van der Waals surface area contributed by atoms with Crippen molar-refractivity contribution in [2.45, 2.75) is 39.3 Å². The zero-order valence-electron chi connectivity index (χ0n) is 12.7. The maximum Gasteiger partial charge on any atom is 0.171 e. The zero-order chi connectivity index (χ0) is 15.5. The minimum Gasteiger partial charge on any atom is -0.376 e. The van der Waals surface area contributed by atoms with Crippen LogP contribution in [0, 0.1) is 25.2 Å². The molecule has 1 aliphatic heterocycles. The SMILES string of the molecule is Cc1nnc(Nc2cnn(C[C@@H]3CCCO3)c2)c(C#N)c1C. The summed E-state index contributed by atoms with van der Waals surface area (Å²) < 4.78 is 7.45. The van der Waals surface area contributed by atoms with Gasteiger partial charge in [0, 0.05) is 12.8 Å². The van der Waals surface area contributed by atoms with Crippen molar-refractivity contribution in [1.29, 1.82) is 5.26 Å². The van der Waals surface area contributed by atoms with E-state index in [9.17, 15) is 5.26 Å². The van der Waals surface area contributed by atoms with Crippen LogP contribution in [0.25, 0.3) is 0 Å². The lowest BCUT2D eigenvalue weighted by atomic mass is 10.1. The molecule has 2 aromatic rings. The van der Waals surface area contributed by atoms with Gasteiger partial charge in [0.25, 0.3) is 0 Å². The Morgan fingerprint density at radius 3 is 3.05 bits per heavy atom. The number of nitrogens with zero attached hydrogens (tertiary/aromatic N) is 5. The fourth-order valence-corrected chi connectivity index (χ4v) is 2.49. The molecule has 0 unspecified atom stereocenters. The van der Waals surface area contributed by atoms with Gasteiger partial charge >= 0.3 is 0 Å². The van der Waals surface area contributed by atoms with Gasteiger partial charge in [-0.15, -0.1) is 5.10 Å². The van der Waals surface area contributed by atoms with E-state index in [1.54, 1.807) is 6.20 Å². The third kappa shape index (κ3) is 2.92. The molecule has 0 spiro atoms. The average molecular weight is 298 g/mol. The van der Waals surface area contributed by atoms with Crippen molar-refractivity contribution in [3.8, 4) is 6.07 Å². The van der Waals surface area contributed by atoms with E-state index in [-0.39, 0.29) is 6.10 Å². The van der Waals surface area contributed by atoms with Gasteiger partial charge in [0.1, 0.15) is 11.6 Å². The molecule has 7 heteroatoms. The number of aryl methyl sites for hydroxylation is 1. The maximum absolute atomic E-state index is 9.30. The summed E-state index contributed by atoms with van der Waals surface area (Å²) >= 11 is 0. The Balaban J connectivity index is 1.75. The molecule has 0 amide bonds. The van der Waals surface area contributed by atoms with Crippen LogP contribution in [-0.4, -0.2) is 32.7 Å². The predicted octanol–water partition coefficient (Wildman–Crippen LogP) is 2.08. The lowest BCUT2D eigenvalue weighted by Crippen LogP contribution is -2.15. The first-order valence-corrected chi connectivity index (χ1v) is 7.32. The molecule has 0 radical (unpaired) electrons. The molecule has 0 bridgehead atoms. The fraction of sp³-hybridized carbons (Fsp3) is 0.467. The highest BCUT2D eigenvalue weighted by molar-refractivity contribution is 5.63. The van der Waals surface area contributed by atoms with E-state index in [2.05, 4.69) is 26.7 Å². The van der Waals surface area contributed by atoms with E-state index < -0.39 is 0 Å². The van der Waals surface area contributed by atoms with Gasteiger partial charge in [-0.1, -0.05) is 0 Å². The van der Waals surface area contributed by atoms with Crippen molar-refractivity contribution in [2.24, 2.45) is 0 Å². The quantitative estimate of drug-likeness (QED) is 0.929. The second-order valence-electron chi connectivity index (χ2n) is 5.46. The van der Waals surface area contributed by atoms with E-state index in [4.69, 9.17) is 4.74 Å². The van der Waals surface area contributed by atoms with Gasteiger partial charge in [0.05, 0.1) is 30.2 Å². The van der Waals surface area contributed by atoms with Crippen LogP contribution in [0.5, 0.6) is 0 Å². The highest BCUT2D eigenvalue weighted by Crippen LogP contribution is 2.21. The number of nitriles is 1. The van der Waals surface area contributed by atoms with Crippen molar-refractivity contribution in [2.75, 3.05) is 11.9 Å². The molecular weight excluding hydrogens is 280 g/mol. The molecule has 3 rings (SSSR count). The lowest BCUT2D eigenvalue weighted by Gasteiger charge is -2.09. The molecule has 1 N–H and O–H groups in total. The minimum absolute atomic E-state index is 0.240. The molecule has 114 valence electrons. The van der Waals surface area contributed by atoms with E-state index in [0.717, 1.165) is 42.9 Å². The molecule has 1 aliphatic rings. The Labute approximate surface area is 128 Å². The molecule has 1 atom stereocenters. The largest absolute Gasteiger partial charge is 0.376 e. The average Bonchev–Trinajstić information content (AvgIpc) is 3.16. The highest BCUT2D eigenvalue weighted by atomic mass is 16.5. The van der Waals surface area contributed by atoms with Crippen LogP contribution in [0.3, 0.4) is 0 Å². The lowest BCUT2D eigenvalue weighted by molar-refractivity contribution is 0.0940. The topological polar surface area (TPSA) is 88.7 Å². The Morgan fingerprint density at radius 2 is 2.32 bits per heavy atom. The molecule has 1 fully saturated rings. The molecular formula is C15H18N6O. The van der Waals surface area contributed by atoms with Crippen LogP contribution in [0.4, 0.5) is 11.5 Å². The first kappa shape index (κ1) is 14.5. The number of nitrogens with one attached hydrogen (secondary N) is 1. The zero-order valence-corrected chi connectivity index (χ0v) is 12.7. The van der Waals surface area contributed by atoms with E-state index in [1.165, 1.54) is 0 Å². The van der Waals surface area contributed by atoms with Gasteiger partial charge in [0.2, 0.25) is 0 Å². The van der Waals surface area contributed by atoms with Gasteiger partial charge in [-0.25, -0.2) is 0 Å². The molecule has 1 saturated heterocycles. The summed E-state index contributed by atoms with van der Waals surface area (Å²) in [5.41, 5.74) is 2.90. The van der Waals surface area contributed by atoms with Gasteiger partial charge in [0.15, 0.2) is 5.82 Å². The Morgan fingerprint density at radius 1 is 1.45 bits per heavy atom. The monoisotopic (exact) mass is 298 g/mol. The standard InChI is InChI=1S/C15H18N6O/c1-10-11(2)19-20-15(14(10)6-16)18-12-7-17-21(8-12)9-13-4-3-5-22-13/h7-8,13H,3-5,9H2,1-2H3,(H,18,20)/t13-/m0/s1. The first-order valence-electron chi connectivity index (χ1n) is 7.32. The summed E-state index contributed by atoms with van der Waals surface area (Å²) in [6, 6.07) is 2.18. The number of ether oxygens (including phenoxy) is 1. The van der Waals surface area contributed by atoms with Crippen molar-refractivity contribution >= 4 is 11.5 Å². The van der Waals surface area contributed by atoms with Crippen molar-refractivity contribution in [3.05, 3.63) is 29.2 Å².